The van der Waals surface area contributed by atoms with Crippen molar-refractivity contribution in [1.82, 2.24) is 14.2 Å². The van der Waals surface area contributed by atoms with Crippen LogP contribution in [0.5, 0.6) is 0 Å². The molecule has 1 aromatic rings. The lowest BCUT2D eigenvalue weighted by atomic mass is 9.91. The Labute approximate surface area is 166 Å². The first-order valence-corrected chi connectivity index (χ1v) is 11.7. The number of rotatable bonds is 5. The van der Waals surface area contributed by atoms with Crippen molar-refractivity contribution < 1.29 is 13.2 Å². The minimum atomic E-state index is -3.67. The van der Waals surface area contributed by atoms with E-state index in [9.17, 15) is 13.2 Å². The zero-order valence-corrected chi connectivity index (χ0v) is 17.4. The Bertz CT molecular complexity index is 757. The Morgan fingerprint density at radius 1 is 1.22 bits per heavy atom. The van der Waals surface area contributed by atoms with E-state index in [4.69, 9.17) is 11.6 Å². The van der Waals surface area contributed by atoms with Crippen molar-refractivity contribution in [3.05, 3.63) is 23.5 Å². The van der Waals surface area contributed by atoms with Crippen LogP contribution in [0.25, 0.3) is 0 Å². The molecule has 27 heavy (non-hydrogen) atoms. The molecule has 6 nitrogen and oxygen atoms in total. The lowest BCUT2D eigenvalue weighted by molar-refractivity contribution is -0.139. The minimum Gasteiger partial charge on any atom is -0.340 e. The molecule has 0 aromatic carbocycles. The normalized spacial score (nSPS) is 20.5. The van der Waals surface area contributed by atoms with Crippen LogP contribution in [-0.4, -0.2) is 54.2 Å². The lowest BCUT2D eigenvalue weighted by Crippen LogP contribution is -2.48. The van der Waals surface area contributed by atoms with Crippen LogP contribution in [0.15, 0.2) is 23.2 Å². The minimum absolute atomic E-state index is 0.00911. The Hall–Kier alpha value is -1.18. The van der Waals surface area contributed by atoms with Crippen molar-refractivity contribution in [3.63, 3.8) is 0 Å². The number of carbonyl (C=O) groups excluding carboxylic acids is 1. The molecule has 2 heterocycles. The van der Waals surface area contributed by atoms with Crippen LogP contribution in [0.3, 0.4) is 0 Å². The summed E-state index contributed by atoms with van der Waals surface area (Å²) < 4.78 is 27.1. The number of carbonyl (C=O) groups is 1. The smallest absolute Gasteiger partial charge is 0.246 e. The van der Waals surface area contributed by atoms with E-state index in [1.54, 1.807) is 6.07 Å². The second-order valence-corrected chi connectivity index (χ2v) is 9.65. The summed E-state index contributed by atoms with van der Waals surface area (Å²) in [6.45, 7) is 3.45. The van der Waals surface area contributed by atoms with Gasteiger partial charge in [-0.15, -0.1) is 0 Å². The zero-order chi connectivity index (χ0) is 19.4. The number of halogens is 1. The molecule has 8 heteroatoms. The summed E-state index contributed by atoms with van der Waals surface area (Å²) in [5.41, 5.74) is 0. The maximum atomic E-state index is 13.0. The van der Waals surface area contributed by atoms with E-state index in [0.29, 0.717) is 32.0 Å². The fourth-order valence-electron chi connectivity index (χ4n) is 4.27. The number of aromatic nitrogens is 1. The molecule has 1 aromatic heterocycles. The average Bonchev–Trinajstić information content (AvgIpc) is 2.69. The number of nitrogens with zero attached hydrogens (tertiary/aromatic N) is 3. The molecule has 0 N–H and O–H groups in total. The largest absolute Gasteiger partial charge is 0.340 e. The highest BCUT2D eigenvalue weighted by Gasteiger charge is 2.36. The topological polar surface area (TPSA) is 70.6 Å². The monoisotopic (exact) mass is 413 g/mol. The molecule has 150 valence electrons. The van der Waals surface area contributed by atoms with Crippen LogP contribution in [0.2, 0.25) is 5.15 Å². The zero-order valence-electron chi connectivity index (χ0n) is 15.8. The van der Waals surface area contributed by atoms with Gasteiger partial charge in [0.05, 0.1) is 0 Å². The third kappa shape index (κ3) is 4.46. The number of hydrogen-bond donors (Lipinski definition) is 0. The summed E-state index contributed by atoms with van der Waals surface area (Å²) in [5, 5.41) is -0.00911. The molecule has 0 spiro atoms. The molecule has 0 bridgehead atoms. The maximum absolute atomic E-state index is 13.0. The Balaban J connectivity index is 1.64. The van der Waals surface area contributed by atoms with Crippen LogP contribution < -0.4 is 0 Å². The van der Waals surface area contributed by atoms with E-state index < -0.39 is 10.0 Å². The predicted octanol–water partition coefficient (Wildman–Crippen LogP) is 3.32. The number of piperidine rings is 1. The average molecular weight is 414 g/mol. The molecule has 0 unspecified atom stereocenters. The van der Waals surface area contributed by atoms with Crippen LogP contribution in [0.1, 0.15) is 51.9 Å². The highest BCUT2D eigenvalue weighted by molar-refractivity contribution is 7.89. The van der Waals surface area contributed by atoms with Gasteiger partial charge in [0.15, 0.2) is 0 Å². The maximum Gasteiger partial charge on any atom is 0.246 e. The summed E-state index contributed by atoms with van der Waals surface area (Å²) in [6, 6.07) is 3.40. The standard InChI is InChI=1S/C19H28ClN3O3S/c1-2-23(16-7-4-3-5-8-16)19(24)15-10-13-22(14-11-15)27(25,26)17-9-6-12-21-18(17)20/h6,9,12,15-16H,2-5,7-8,10-11,13-14H2,1H3. The molecular formula is C19H28ClN3O3S. The van der Waals surface area contributed by atoms with Gasteiger partial charge in [-0.1, -0.05) is 30.9 Å². The van der Waals surface area contributed by atoms with Crippen molar-refractivity contribution in [2.45, 2.75) is 62.8 Å². The van der Waals surface area contributed by atoms with Gasteiger partial charge in [-0.25, -0.2) is 13.4 Å². The first kappa shape index (κ1) is 20.6. The molecule has 0 atom stereocenters. The van der Waals surface area contributed by atoms with Crippen molar-refractivity contribution >= 4 is 27.5 Å². The second kappa shape index (κ2) is 8.88. The SMILES string of the molecule is CCN(C(=O)C1CCN(S(=O)(=O)c2cccnc2Cl)CC1)C1CCCCC1. The van der Waals surface area contributed by atoms with Crippen molar-refractivity contribution in [3.8, 4) is 0 Å². The highest BCUT2D eigenvalue weighted by Crippen LogP contribution is 2.30. The molecule has 1 amide bonds. The molecule has 1 aliphatic heterocycles. The Kier molecular flexibility index (Phi) is 6.76. The van der Waals surface area contributed by atoms with Gasteiger partial charge >= 0.3 is 0 Å². The second-order valence-electron chi connectivity index (χ2n) is 7.39. The van der Waals surface area contributed by atoms with E-state index in [1.165, 1.54) is 35.8 Å². The van der Waals surface area contributed by atoms with Crippen molar-refractivity contribution in [2.24, 2.45) is 5.92 Å². The third-order valence-corrected chi connectivity index (χ3v) is 8.13. The van der Waals surface area contributed by atoms with E-state index in [1.807, 2.05) is 11.8 Å². The van der Waals surface area contributed by atoms with Crippen LogP contribution >= 0.6 is 11.6 Å². The summed E-state index contributed by atoms with van der Waals surface area (Å²) in [6.07, 6.45) is 8.40. The lowest BCUT2D eigenvalue weighted by Gasteiger charge is -2.38. The predicted molar refractivity (Wildman–Crippen MR) is 105 cm³/mol. The summed E-state index contributed by atoms with van der Waals surface area (Å²) in [7, 11) is -3.67. The molecule has 2 aliphatic rings. The molecule has 1 saturated carbocycles. The summed E-state index contributed by atoms with van der Waals surface area (Å²) >= 11 is 5.98. The molecule has 2 fully saturated rings. The van der Waals surface area contributed by atoms with Gasteiger partial charge in [-0.2, -0.15) is 4.31 Å². The number of sulfonamides is 1. The van der Waals surface area contributed by atoms with Crippen LogP contribution in [0, 0.1) is 5.92 Å². The van der Waals surface area contributed by atoms with Gasteiger partial charge < -0.3 is 4.90 Å². The summed E-state index contributed by atoms with van der Waals surface area (Å²) in [5.74, 6) is 0.101. The third-order valence-electron chi connectivity index (χ3n) is 5.79. The van der Waals surface area contributed by atoms with Gasteiger partial charge in [-0.05, 0) is 44.7 Å². The van der Waals surface area contributed by atoms with E-state index >= 15 is 0 Å². The van der Waals surface area contributed by atoms with Gasteiger partial charge in [0.25, 0.3) is 0 Å². The first-order valence-electron chi connectivity index (χ1n) is 9.86. The fraction of sp³-hybridized carbons (Fsp3) is 0.684. The molecule has 1 aliphatic carbocycles. The Morgan fingerprint density at radius 2 is 1.89 bits per heavy atom. The van der Waals surface area contributed by atoms with Crippen LogP contribution in [-0.2, 0) is 14.8 Å². The fourth-order valence-corrected chi connectivity index (χ4v) is 6.16. The van der Waals surface area contributed by atoms with Gasteiger partial charge in [0.2, 0.25) is 15.9 Å². The number of pyridine rings is 1. The Morgan fingerprint density at radius 3 is 2.48 bits per heavy atom. The highest BCUT2D eigenvalue weighted by atomic mass is 35.5. The van der Waals surface area contributed by atoms with Gasteiger partial charge in [-0.3, -0.25) is 4.79 Å². The van der Waals surface area contributed by atoms with Gasteiger partial charge in [0, 0.05) is 37.8 Å². The first-order chi connectivity index (χ1) is 12.9. The number of amides is 1. The number of hydrogen-bond acceptors (Lipinski definition) is 4. The van der Waals surface area contributed by atoms with Crippen LogP contribution in [0.4, 0.5) is 0 Å². The van der Waals surface area contributed by atoms with E-state index in [0.717, 1.165) is 19.4 Å². The van der Waals surface area contributed by atoms with E-state index in [-0.39, 0.29) is 21.9 Å². The molecule has 1 saturated heterocycles. The molecule has 0 radical (unpaired) electrons. The molecule has 3 rings (SSSR count). The van der Waals surface area contributed by atoms with Crippen molar-refractivity contribution in [1.29, 1.82) is 0 Å². The molecular weight excluding hydrogens is 386 g/mol. The van der Waals surface area contributed by atoms with E-state index in [2.05, 4.69) is 4.98 Å². The quantitative estimate of drug-likeness (QED) is 0.694. The summed E-state index contributed by atoms with van der Waals surface area (Å²) in [4.78, 5) is 19.0. The van der Waals surface area contributed by atoms with Crippen molar-refractivity contribution in [2.75, 3.05) is 19.6 Å². The van der Waals surface area contributed by atoms with Gasteiger partial charge in [0.1, 0.15) is 10.0 Å².